The fraction of sp³-hybridized carbons (Fsp3) is 0.214. The Morgan fingerprint density at radius 3 is 2.72 bits per heavy atom. The number of aromatic nitrogens is 1. The summed E-state index contributed by atoms with van der Waals surface area (Å²) in [5, 5.41) is 0. The number of hydrogen-bond acceptors (Lipinski definition) is 3. The molecule has 0 fully saturated rings. The molecule has 1 unspecified atom stereocenters. The Bertz CT molecular complexity index is 554. The van der Waals surface area contributed by atoms with Gasteiger partial charge in [0.1, 0.15) is 5.82 Å². The van der Waals surface area contributed by atoms with Gasteiger partial charge in [-0.25, -0.2) is 9.82 Å². The van der Waals surface area contributed by atoms with Crippen LogP contribution in [0.25, 0.3) is 0 Å². The van der Waals surface area contributed by atoms with Crippen molar-refractivity contribution in [1.82, 2.24) is 10.4 Å². The Morgan fingerprint density at radius 1 is 1.28 bits per heavy atom. The van der Waals surface area contributed by atoms with E-state index in [0.29, 0.717) is 5.56 Å². The normalized spacial score (nSPS) is 12.4. The third-order valence-electron chi connectivity index (χ3n) is 2.95. The molecule has 0 saturated carbocycles. The van der Waals surface area contributed by atoms with Gasteiger partial charge in [0, 0.05) is 11.8 Å². The van der Waals surface area contributed by atoms with Crippen LogP contribution in [0.5, 0.6) is 0 Å². The van der Waals surface area contributed by atoms with Gasteiger partial charge in [0.2, 0.25) is 0 Å². The molecule has 0 bridgehead atoms. The van der Waals surface area contributed by atoms with Gasteiger partial charge in [-0.15, -0.1) is 0 Å². The molecule has 3 nitrogen and oxygen atoms in total. The summed E-state index contributed by atoms with van der Waals surface area (Å²) in [6.07, 6.45) is 1.68. The molecule has 0 radical (unpaired) electrons. The van der Waals surface area contributed by atoms with E-state index in [9.17, 15) is 4.39 Å². The smallest absolute Gasteiger partial charge is 0.128 e. The number of halogens is 1. The molecule has 1 aromatic heterocycles. The number of hydrogen-bond donors (Lipinski definition) is 2. The molecule has 94 valence electrons. The van der Waals surface area contributed by atoms with Crippen molar-refractivity contribution >= 4 is 0 Å². The highest BCUT2D eigenvalue weighted by Crippen LogP contribution is 2.25. The Balaban J connectivity index is 2.52. The molecule has 0 saturated heterocycles. The topological polar surface area (TPSA) is 50.9 Å². The van der Waals surface area contributed by atoms with Crippen molar-refractivity contribution in [2.45, 2.75) is 19.9 Å². The Kier molecular flexibility index (Phi) is 3.69. The zero-order valence-corrected chi connectivity index (χ0v) is 10.4. The van der Waals surface area contributed by atoms with Crippen LogP contribution in [-0.4, -0.2) is 4.98 Å². The van der Waals surface area contributed by atoms with Crippen molar-refractivity contribution in [2.24, 2.45) is 5.84 Å². The highest BCUT2D eigenvalue weighted by atomic mass is 19.1. The SMILES string of the molecule is Cc1ccc(F)c(C(NN)c2ncccc2C)c1. The minimum absolute atomic E-state index is 0.284. The van der Waals surface area contributed by atoms with Gasteiger partial charge in [0.15, 0.2) is 0 Å². The molecule has 0 aliphatic heterocycles. The number of aryl methyl sites for hydroxylation is 2. The summed E-state index contributed by atoms with van der Waals surface area (Å²) in [7, 11) is 0. The lowest BCUT2D eigenvalue weighted by Gasteiger charge is -2.18. The van der Waals surface area contributed by atoms with Crippen molar-refractivity contribution in [3.8, 4) is 0 Å². The Hall–Kier alpha value is -1.78. The predicted octanol–water partition coefficient (Wildman–Crippen LogP) is 2.39. The van der Waals surface area contributed by atoms with Gasteiger partial charge in [-0.2, -0.15) is 0 Å². The van der Waals surface area contributed by atoms with Crippen LogP contribution in [0.4, 0.5) is 4.39 Å². The zero-order chi connectivity index (χ0) is 13.1. The third-order valence-corrected chi connectivity index (χ3v) is 2.95. The second kappa shape index (κ2) is 5.25. The van der Waals surface area contributed by atoms with Crippen LogP contribution in [0, 0.1) is 19.7 Å². The number of nitrogens with two attached hydrogens (primary N) is 1. The first-order chi connectivity index (χ1) is 8.63. The first-order valence-electron chi connectivity index (χ1n) is 5.77. The van der Waals surface area contributed by atoms with Gasteiger partial charge >= 0.3 is 0 Å². The van der Waals surface area contributed by atoms with Crippen molar-refractivity contribution in [3.05, 3.63) is 64.7 Å². The number of pyridine rings is 1. The molecule has 0 amide bonds. The summed E-state index contributed by atoms with van der Waals surface area (Å²) in [4.78, 5) is 4.29. The molecule has 2 aromatic rings. The van der Waals surface area contributed by atoms with E-state index in [-0.39, 0.29) is 5.82 Å². The van der Waals surface area contributed by atoms with Crippen molar-refractivity contribution in [2.75, 3.05) is 0 Å². The molecule has 4 heteroatoms. The number of benzene rings is 1. The van der Waals surface area contributed by atoms with Crippen molar-refractivity contribution in [3.63, 3.8) is 0 Å². The standard InChI is InChI=1S/C14H16FN3/c1-9-5-6-12(15)11(8-9)14(18-16)13-10(2)4-3-7-17-13/h3-8,14,18H,16H2,1-2H3. The molecule has 0 spiro atoms. The molecule has 18 heavy (non-hydrogen) atoms. The first kappa shape index (κ1) is 12.7. The molecule has 0 aliphatic rings. The van der Waals surface area contributed by atoms with Crippen LogP contribution in [0.3, 0.4) is 0 Å². The number of nitrogens with zero attached hydrogens (tertiary/aromatic N) is 1. The van der Waals surface area contributed by atoms with Crippen LogP contribution < -0.4 is 11.3 Å². The molecule has 0 aliphatic carbocycles. The van der Waals surface area contributed by atoms with Gasteiger partial charge in [-0.1, -0.05) is 23.8 Å². The predicted molar refractivity (Wildman–Crippen MR) is 69.3 cm³/mol. The fourth-order valence-corrected chi connectivity index (χ4v) is 2.00. The molecular weight excluding hydrogens is 229 g/mol. The average Bonchev–Trinajstić information content (AvgIpc) is 2.36. The maximum Gasteiger partial charge on any atom is 0.128 e. The second-order valence-electron chi connectivity index (χ2n) is 4.33. The summed E-state index contributed by atoms with van der Waals surface area (Å²) in [6.45, 7) is 3.85. The highest BCUT2D eigenvalue weighted by Gasteiger charge is 2.19. The quantitative estimate of drug-likeness (QED) is 0.645. The maximum absolute atomic E-state index is 13.9. The van der Waals surface area contributed by atoms with E-state index in [4.69, 9.17) is 5.84 Å². The highest BCUT2D eigenvalue weighted by molar-refractivity contribution is 5.35. The fourth-order valence-electron chi connectivity index (χ4n) is 2.00. The monoisotopic (exact) mass is 245 g/mol. The van der Waals surface area contributed by atoms with Crippen molar-refractivity contribution in [1.29, 1.82) is 0 Å². The van der Waals surface area contributed by atoms with Crippen LogP contribution >= 0.6 is 0 Å². The van der Waals surface area contributed by atoms with Crippen LogP contribution in [0.1, 0.15) is 28.4 Å². The van der Waals surface area contributed by atoms with Gasteiger partial charge in [0.05, 0.1) is 11.7 Å². The van der Waals surface area contributed by atoms with Gasteiger partial charge in [0.25, 0.3) is 0 Å². The van der Waals surface area contributed by atoms with Gasteiger partial charge in [-0.3, -0.25) is 10.8 Å². The molecular formula is C14H16FN3. The molecule has 2 rings (SSSR count). The van der Waals surface area contributed by atoms with Crippen LogP contribution in [0.2, 0.25) is 0 Å². The van der Waals surface area contributed by atoms with E-state index in [1.165, 1.54) is 6.07 Å². The molecule has 3 N–H and O–H groups in total. The van der Waals surface area contributed by atoms with Crippen LogP contribution in [-0.2, 0) is 0 Å². The first-order valence-corrected chi connectivity index (χ1v) is 5.77. The summed E-state index contributed by atoms with van der Waals surface area (Å²) in [6, 6.07) is 8.31. The number of nitrogens with one attached hydrogen (secondary N) is 1. The van der Waals surface area contributed by atoms with E-state index in [2.05, 4.69) is 10.4 Å². The van der Waals surface area contributed by atoms with E-state index < -0.39 is 6.04 Å². The van der Waals surface area contributed by atoms with Gasteiger partial charge in [-0.05, 0) is 31.5 Å². The van der Waals surface area contributed by atoms with E-state index >= 15 is 0 Å². The summed E-state index contributed by atoms with van der Waals surface area (Å²) >= 11 is 0. The number of rotatable bonds is 3. The summed E-state index contributed by atoms with van der Waals surface area (Å²) < 4.78 is 13.9. The Labute approximate surface area is 106 Å². The molecule has 1 heterocycles. The Morgan fingerprint density at radius 2 is 2.06 bits per heavy atom. The van der Waals surface area contributed by atoms with E-state index in [1.807, 2.05) is 26.0 Å². The number of hydrazine groups is 1. The second-order valence-corrected chi connectivity index (χ2v) is 4.33. The van der Waals surface area contributed by atoms with Crippen molar-refractivity contribution < 1.29 is 4.39 Å². The van der Waals surface area contributed by atoms with E-state index in [0.717, 1.165) is 16.8 Å². The summed E-state index contributed by atoms with van der Waals surface area (Å²) in [5.74, 6) is 5.28. The van der Waals surface area contributed by atoms with Gasteiger partial charge < -0.3 is 0 Å². The van der Waals surface area contributed by atoms with Crippen LogP contribution in [0.15, 0.2) is 36.5 Å². The summed E-state index contributed by atoms with van der Waals surface area (Å²) in [5.41, 5.74) is 5.85. The molecule has 1 aromatic carbocycles. The maximum atomic E-state index is 13.9. The average molecular weight is 245 g/mol. The minimum atomic E-state index is -0.439. The van der Waals surface area contributed by atoms with E-state index in [1.54, 1.807) is 18.3 Å². The minimum Gasteiger partial charge on any atom is -0.271 e. The lowest BCUT2D eigenvalue weighted by molar-refractivity contribution is 0.551. The zero-order valence-electron chi connectivity index (χ0n) is 10.4. The molecule has 1 atom stereocenters. The largest absolute Gasteiger partial charge is 0.271 e. The third kappa shape index (κ3) is 2.39. The lowest BCUT2D eigenvalue weighted by atomic mass is 9.98. The lowest BCUT2D eigenvalue weighted by Crippen LogP contribution is -2.30.